The quantitative estimate of drug-likeness (QED) is 0.771. The Kier molecular flexibility index (Phi) is 4.01. The third kappa shape index (κ3) is 3.06. The molecule has 3 aromatic rings. The third-order valence-electron chi connectivity index (χ3n) is 2.88. The summed E-state index contributed by atoms with van der Waals surface area (Å²) in [5, 5.41) is 11.6. The van der Waals surface area contributed by atoms with E-state index in [1.165, 1.54) is 29.5 Å². The number of nitrogens with zero attached hydrogens (tertiary/aromatic N) is 3. The van der Waals surface area contributed by atoms with Gasteiger partial charge in [0.1, 0.15) is 10.7 Å². The number of rotatable bonds is 5. The van der Waals surface area contributed by atoms with E-state index in [0.717, 1.165) is 11.8 Å². The normalized spacial score (nSPS) is 11.7. The highest BCUT2D eigenvalue weighted by molar-refractivity contribution is 7.89. The lowest BCUT2D eigenvalue weighted by Crippen LogP contribution is -2.24. The summed E-state index contributed by atoms with van der Waals surface area (Å²) in [4.78, 5) is -0.389. The van der Waals surface area contributed by atoms with Gasteiger partial charge < -0.3 is 0 Å². The van der Waals surface area contributed by atoms with E-state index in [9.17, 15) is 12.8 Å². The highest BCUT2D eigenvalue weighted by atomic mass is 32.2. The lowest BCUT2D eigenvalue weighted by atomic mass is 10.4. The van der Waals surface area contributed by atoms with Crippen LogP contribution >= 0.6 is 11.3 Å². The number of aromatic nitrogens is 3. The molecule has 6 nitrogen and oxygen atoms in total. The first-order valence-electron chi connectivity index (χ1n) is 6.24. The molecule has 0 radical (unpaired) electrons. The molecule has 0 fully saturated rings. The first-order chi connectivity index (χ1) is 10.6. The van der Waals surface area contributed by atoms with Gasteiger partial charge in [0, 0.05) is 5.38 Å². The van der Waals surface area contributed by atoms with E-state index in [2.05, 4.69) is 15.0 Å². The summed E-state index contributed by atoms with van der Waals surface area (Å²) in [6.07, 6.45) is 1.62. The number of benzene rings is 1. The van der Waals surface area contributed by atoms with Crippen molar-refractivity contribution in [1.82, 2.24) is 19.7 Å². The highest BCUT2D eigenvalue weighted by Crippen LogP contribution is 2.14. The smallest absolute Gasteiger partial charge is 0.220 e. The van der Waals surface area contributed by atoms with Crippen molar-refractivity contribution in [3.8, 4) is 5.69 Å². The van der Waals surface area contributed by atoms with Crippen LogP contribution in [0.2, 0.25) is 0 Å². The summed E-state index contributed by atoms with van der Waals surface area (Å²) >= 11 is 1.52. The van der Waals surface area contributed by atoms with Gasteiger partial charge >= 0.3 is 0 Å². The summed E-state index contributed by atoms with van der Waals surface area (Å²) in [7, 11) is -3.93. The highest BCUT2D eigenvalue weighted by Gasteiger charge is 2.18. The van der Waals surface area contributed by atoms with E-state index in [0.29, 0.717) is 5.69 Å². The van der Waals surface area contributed by atoms with E-state index in [4.69, 9.17) is 0 Å². The molecule has 0 bridgehead atoms. The molecule has 0 aliphatic rings. The van der Waals surface area contributed by atoms with Crippen LogP contribution in [0.5, 0.6) is 0 Å². The van der Waals surface area contributed by atoms with Gasteiger partial charge in [0.25, 0.3) is 0 Å². The first kappa shape index (κ1) is 14.8. The van der Waals surface area contributed by atoms with Gasteiger partial charge in [0.15, 0.2) is 0 Å². The Balaban J connectivity index is 1.74. The van der Waals surface area contributed by atoms with Gasteiger partial charge in [-0.2, -0.15) is 11.3 Å². The molecule has 0 aliphatic carbocycles. The van der Waals surface area contributed by atoms with Crippen molar-refractivity contribution in [2.45, 2.75) is 11.4 Å². The fourth-order valence-electron chi connectivity index (χ4n) is 1.80. The van der Waals surface area contributed by atoms with Crippen LogP contribution in [0, 0.1) is 5.82 Å². The van der Waals surface area contributed by atoms with Crippen molar-refractivity contribution in [3.63, 3.8) is 0 Å². The van der Waals surface area contributed by atoms with Crippen LogP contribution in [0.25, 0.3) is 5.69 Å². The van der Waals surface area contributed by atoms with Crippen molar-refractivity contribution in [2.75, 3.05) is 0 Å². The molecule has 3 rings (SSSR count). The van der Waals surface area contributed by atoms with Crippen LogP contribution in [0.4, 0.5) is 4.39 Å². The monoisotopic (exact) mass is 338 g/mol. The van der Waals surface area contributed by atoms with Gasteiger partial charge in [-0.1, -0.05) is 17.3 Å². The fraction of sp³-hybridized carbons (Fsp3) is 0.0769. The van der Waals surface area contributed by atoms with Gasteiger partial charge in [-0.15, -0.1) is 5.10 Å². The van der Waals surface area contributed by atoms with Crippen molar-refractivity contribution >= 4 is 21.4 Å². The zero-order valence-electron chi connectivity index (χ0n) is 11.2. The van der Waals surface area contributed by atoms with Gasteiger partial charge in [-0.3, -0.25) is 0 Å². The van der Waals surface area contributed by atoms with Crippen LogP contribution in [0.3, 0.4) is 0 Å². The zero-order chi connectivity index (χ0) is 15.6. The maximum atomic E-state index is 13.6. The van der Waals surface area contributed by atoms with Crippen LogP contribution in [0.15, 0.2) is 52.2 Å². The minimum absolute atomic E-state index is 0.0686. The van der Waals surface area contributed by atoms with Gasteiger partial charge in [0.05, 0.1) is 24.1 Å². The molecule has 1 N–H and O–H groups in total. The van der Waals surface area contributed by atoms with Crippen LogP contribution < -0.4 is 4.72 Å². The second-order valence-electron chi connectivity index (χ2n) is 4.39. The van der Waals surface area contributed by atoms with E-state index in [1.807, 2.05) is 16.8 Å². The predicted molar refractivity (Wildman–Crippen MR) is 79.7 cm³/mol. The Hall–Kier alpha value is -2.10. The molecule has 22 heavy (non-hydrogen) atoms. The fourth-order valence-corrected chi connectivity index (χ4v) is 3.50. The van der Waals surface area contributed by atoms with Crippen LogP contribution in [-0.4, -0.2) is 23.4 Å². The second kappa shape index (κ2) is 5.95. The average molecular weight is 338 g/mol. The lowest BCUT2D eigenvalue weighted by molar-refractivity contribution is 0.556. The maximum Gasteiger partial charge on any atom is 0.243 e. The van der Waals surface area contributed by atoms with E-state index in [-0.39, 0.29) is 11.4 Å². The topological polar surface area (TPSA) is 76.9 Å². The third-order valence-corrected chi connectivity index (χ3v) is 4.99. The Morgan fingerprint density at radius 2 is 2.09 bits per heavy atom. The lowest BCUT2D eigenvalue weighted by Gasteiger charge is -2.05. The maximum absolute atomic E-state index is 13.6. The predicted octanol–water partition coefficient (Wildman–Crippen LogP) is 1.95. The molecule has 0 saturated carbocycles. The number of hydrogen-bond donors (Lipinski definition) is 1. The standard InChI is InChI=1S/C13H11FN4O2S2/c14-12-3-1-2-4-13(12)22(19,20)15-7-10-8-18(17-16-10)11-5-6-21-9-11/h1-6,8-9,15H,7H2. The number of thiophene rings is 1. The first-order valence-corrected chi connectivity index (χ1v) is 8.67. The average Bonchev–Trinajstić information content (AvgIpc) is 3.17. The molecule has 0 spiro atoms. The number of halogens is 1. The second-order valence-corrected chi connectivity index (χ2v) is 6.91. The van der Waals surface area contributed by atoms with E-state index in [1.54, 1.807) is 10.9 Å². The van der Waals surface area contributed by atoms with Crippen LogP contribution in [0.1, 0.15) is 5.69 Å². The number of nitrogens with one attached hydrogen (secondary N) is 1. The summed E-state index contributed by atoms with van der Waals surface area (Å²) in [6, 6.07) is 7.07. The van der Waals surface area contributed by atoms with Crippen molar-refractivity contribution in [2.24, 2.45) is 0 Å². The minimum Gasteiger partial charge on any atom is -0.220 e. The SMILES string of the molecule is O=S(=O)(NCc1cn(-c2ccsc2)nn1)c1ccccc1F. The van der Waals surface area contributed by atoms with Crippen molar-refractivity contribution < 1.29 is 12.8 Å². The Labute approximate surface area is 130 Å². The molecule has 9 heteroatoms. The molecular formula is C13H11FN4O2S2. The number of sulfonamides is 1. The molecule has 0 aliphatic heterocycles. The summed E-state index contributed by atoms with van der Waals surface area (Å²) in [5.74, 6) is -0.795. The van der Waals surface area contributed by atoms with E-state index >= 15 is 0 Å². The summed E-state index contributed by atoms with van der Waals surface area (Å²) < 4.78 is 41.5. The van der Waals surface area contributed by atoms with Gasteiger partial charge in [-0.25, -0.2) is 22.2 Å². The molecule has 2 aromatic heterocycles. The summed E-state index contributed by atoms with van der Waals surface area (Å²) in [5.41, 5.74) is 1.28. The number of hydrogen-bond acceptors (Lipinski definition) is 5. The summed E-state index contributed by atoms with van der Waals surface area (Å²) in [6.45, 7) is -0.0686. The molecule has 2 heterocycles. The minimum atomic E-state index is -3.93. The van der Waals surface area contributed by atoms with Gasteiger partial charge in [-0.05, 0) is 23.6 Å². The molecule has 0 atom stereocenters. The Bertz CT molecular complexity index is 875. The molecule has 0 amide bonds. The Morgan fingerprint density at radius 1 is 1.27 bits per heavy atom. The molecular weight excluding hydrogens is 327 g/mol. The molecule has 0 unspecified atom stereocenters. The zero-order valence-corrected chi connectivity index (χ0v) is 12.8. The largest absolute Gasteiger partial charge is 0.243 e. The van der Waals surface area contributed by atoms with Crippen molar-refractivity contribution in [3.05, 3.63) is 58.8 Å². The Morgan fingerprint density at radius 3 is 2.82 bits per heavy atom. The van der Waals surface area contributed by atoms with Crippen LogP contribution in [-0.2, 0) is 16.6 Å². The van der Waals surface area contributed by atoms with Gasteiger partial charge in [0.2, 0.25) is 10.0 Å². The van der Waals surface area contributed by atoms with E-state index < -0.39 is 15.8 Å². The molecule has 0 saturated heterocycles. The van der Waals surface area contributed by atoms with Crippen molar-refractivity contribution in [1.29, 1.82) is 0 Å². The molecule has 114 valence electrons. The molecule has 1 aromatic carbocycles.